The standard InChI is InChI=1S/C17H11BrClN/c1-2-13-16(11-6-4-3-5-7-11)14-10-12(18)8-9-15(14)20-17(13)19/h2-10H,1H2. The molecule has 0 N–H and O–H groups in total. The lowest BCUT2D eigenvalue weighted by atomic mass is 9.96. The van der Waals surface area contributed by atoms with Crippen molar-refractivity contribution in [2.45, 2.75) is 0 Å². The van der Waals surface area contributed by atoms with Crippen molar-refractivity contribution in [3.8, 4) is 11.1 Å². The van der Waals surface area contributed by atoms with Gasteiger partial charge in [-0.1, -0.05) is 70.5 Å². The average Bonchev–Trinajstić information content (AvgIpc) is 2.47. The molecule has 0 unspecified atom stereocenters. The molecule has 20 heavy (non-hydrogen) atoms. The molecule has 3 rings (SSSR count). The Kier molecular flexibility index (Phi) is 3.60. The van der Waals surface area contributed by atoms with Gasteiger partial charge in [0.2, 0.25) is 0 Å². The Hall–Kier alpha value is -1.64. The highest BCUT2D eigenvalue weighted by Crippen LogP contribution is 2.36. The second-order valence-corrected chi connectivity index (χ2v) is 5.70. The summed E-state index contributed by atoms with van der Waals surface area (Å²) in [6, 6.07) is 16.2. The van der Waals surface area contributed by atoms with E-state index < -0.39 is 0 Å². The number of nitrogens with zero attached hydrogens (tertiary/aromatic N) is 1. The third-order valence-corrected chi connectivity index (χ3v) is 3.99. The highest BCUT2D eigenvalue weighted by atomic mass is 79.9. The molecule has 0 aliphatic carbocycles. The zero-order valence-electron chi connectivity index (χ0n) is 10.6. The summed E-state index contributed by atoms with van der Waals surface area (Å²) in [5.41, 5.74) is 3.91. The molecule has 0 atom stereocenters. The van der Waals surface area contributed by atoms with Crippen molar-refractivity contribution in [1.82, 2.24) is 4.98 Å². The summed E-state index contributed by atoms with van der Waals surface area (Å²) < 4.78 is 1.02. The number of hydrogen-bond acceptors (Lipinski definition) is 1. The molecule has 0 bridgehead atoms. The Morgan fingerprint density at radius 1 is 1.10 bits per heavy atom. The molecule has 0 aliphatic rings. The number of halogens is 2. The van der Waals surface area contributed by atoms with Crippen molar-refractivity contribution in [2.75, 3.05) is 0 Å². The van der Waals surface area contributed by atoms with E-state index in [1.165, 1.54) is 0 Å². The lowest BCUT2D eigenvalue weighted by molar-refractivity contribution is 1.39. The molecule has 1 aromatic heterocycles. The normalized spacial score (nSPS) is 10.7. The fourth-order valence-electron chi connectivity index (χ4n) is 2.32. The number of hydrogen-bond donors (Lipinski definition) is 0. The smallest absolute Gasteiger partial charge is 0.137 e. The van der Waals surface area contributed by atoms with Crippen LogP contribution in [0.3, 0.4) is 0 Å². The van der Waals surface area contributed by atoms with Gasteiger partial charge in [-0.3, -0.25) is 0 Å². The molecular weight excluding hydrogens is 334 g/mol. The van der Waals surface area contributed by atoms with E-state index >= 15 is 0 Å². The van der Waals surface area contributed by atoms with Gasteiger partial charge in [0.1, 0.15) is 5.15 Å². The molecule has 0 amide bonds. The van der Waals surface area contributed by atoms with E-state index in [1.54, 1.807) is 6.08 Å². The summed E-state index contributed by atoms with van der Waals surface area (Å²) in [4.78, 5) is 4.45. The van der Waals surface area contributed by atoms with Crippen LogP contribution in [0.25, 0.3) is 28.1 Å². The number of benzene rings is 2. The van der Waals surface area contributed by atoms with Crippen LogP contribution in [0.1, 0.15) is 5.56 Å². The van der Waals surface area contributed by atoms with Crippen LogP contribution in [0, 0.1) is 0 Å². The topological polar surface area (TPSA) is 12.9 Å². The average molecular weight is 345 g/mol. The van der Waals surface area contributed by atoms with Crippen LogP contribution in [-0.2, 0) is 0 Å². The summed E-state index contributed by atoms with van der Waals surface area (Å²) >= 11 is 9.82. The van der Waals surface area contributed by atoms with Crippen molar-refractivity contribution in [2.24, 2.45) is 0 Å². The maximum absolute atomic E-state index is 6.30. The first-order chi connectivity index (χ1) is 9.70. The SMILES string of the molecule is C=Cc1c(Cl)nc2ccc(Br)cc2c1-c1ccccc1. The highest BCUT2D eigenvalue weighted by Gasteiger charge is 2.13. The maximum atomic E-state index is 6.30. The first-order valence-electron chi connectivity index (χ1n) is 6.17. The molecule has 0 saturated heterocycles. The maximum Gasteiger partial charge on any atom is 0.137 e. The second-order valence-electron chi connectivity index (χ2n) is 4.42. The number of rotatable bonds is 2. The Morgan fingerprint density at radius 2 is 1.85 bits per heavy atom. The molecular formula is C17H11BrClN. The van der Waals surface area contributed by atoms with E-state index in [1.807, 2.05) is 30.3 Å². The largest absolute Gasteiger partial charge is 0.235 e. The van der Waals surface area contributed by atoms with Crippen LogP contribution < -0.4 is 0 Å². The molecule has 0 aliphatic heterocycles. The third kappa shape index (κ3) is 2.26. The zero-order chi connectivity index (χ0) is 14.1. The predicted molar refractivity (Wildman–Crippen MR) is 90.0 cm³/mol. The summed E-state index contributed by atoms with van der Waals surface area (Å²) in [6.45, 7) is 3.87. The molecule has 1 nitrogen and oxygen atoms in total. The van der Waals surface area contributed by atoms with Crippen molar-refractivity contribution < 1.29 is 0 Å². The molecule has 0 saturated carbocycles. The van der Waals surface area contributed by atoms with Crippen LogP contribution >= 0.6 is 27.5 Å². The van der Waals surface area contributed by atoms with Crippen LogP contribution in [0.15, 0.2) is 59.6 Å². The summed E-state index contributed by atoms with van der Waals surface area (Å²) in [5, 5.41) is 1.54. The minimum absolute atomic E-state index is 0.480. The van der Waals surface area contributed by atoms with Gasteiger partial charge in [-0.2, -0.15) is 0 Å². The molecule has 2 aromatic carbocycles. The van der Waals surface area contributed by atoms with Gasteiger partial charge < -0.3 is 0 Å². The van der Waals surface area contributed by atoms with Crippen LogP contribution in [0.5, 0.6) is 0 Å². The fraction of sp³-hybridized carbons (Fsp3) is 0. The van der Waals surface area contributed by atoms with Gasteiger partial charge in [0.05, 0.1) is 5.52 Å². The third-order valence-electron chi connectivity index (χ3n) is 3.20. The van der Waals surface area contributed by atoms with E-state index in [-0.39, 0.29) is 0 Å². The number of fused-ring (bicyclic) bond motifs is 1. The van der Waals surface area contributed by atoms with Crippen LogP contribution in [-0.4, -0.2) is 4.98 Å². The van der Waals surface area contributed by atoms with Gasteiger partial charge in [-0.25, -0.2) is 4.98 Å². The number of pyridine rings is 1. The predicted octanol–water partition coefficient (Wildman–Crippen LogP) is 5.96. The van der Waals surface area contributed by atoms with Gasteiger partial charge in [-0.05, 0) is 23.8 Å². The van der Waals surface area contributed by atoms with Crippen molar-refractivity contribution >= 4 is 44.5 Å². The molecule has 0 fully saturated rings. The number of aromatic nitrogens is 1. The summed E-state index contributed by atoms with van der Waals surface area (Å²) in [5.74, 6) is 0. The van der Waals surface area contributed by atoms with Gasteiger partial charge in [0.25, 0.3) is 0 Å². The monoisotopic (exact) mass is 343 g/mol. The quantitative estimate of drug-likeness (QED) is 0.523. The Morgan fingerprint density at radius 3 is 2.55 bits per heavy atom. The van der Waals surface area contributed by atoms with Gasteiger partial charge >= 0.3 is 0 Å². The molecule has 3 aromatic rings. The minimum Gasteiger partial charge on any atom is -0.235 e. The van der Waals surface area contributed by atoms with Crippen molar-refractivity contribution in [1.29, 1.82) is 0 Å². The molecule has 0 spiro atoms. The second kappa shape index (κ2) is 5.39. The Bertz CT molecular complexity index is 797. The van der Waals surface area contributed by atoms with E-state index in [2.05, 4.69) is 45.7 Å². The van der Waals surface area contributed by atoms with Crippen LogP contribution in [0.4, 0.5) is 0 Å². The fourth-order valence-corrected chi connectivity index (χ4v) is 2.95. The Labute approximate surface area is 131 Å². The van der Waals surface area contributed by atoms with Gasteiger partial charge in [0, 0.05) is 21.0 Å². The van der Waals surface area contributed by atoms with E-state index in [9.17, 15) is 0 Å². The lowest BCUT2D eigenvalue weighted by Gasteiger charge is -2.12. The summed E-state index contributed by atoms with van der Waals surface area (Å²) in [6.07, 6.45) is 1.76. The van der Waals surface area contributed by atoms with E-state index in [4.69, 9.17) is 11.6 Å². The van der Waals surface area contributed by atoms with Crippen molar-refractivity contribution in [3.05, 3.63) is 70.3 Å². The molecule has 3 heteroatoms. The lowest BCUT2D eigenvalue weighted by Crippen LogP contribution is -1.91. The van der Waals surface area contributed by atoms with Crippen LogP contribution in [0.2, 0.25) is 5.15 Å². The minimum atomic E-state index is 0.480. The summed E-state index contributed by atoms with van der Waals surface area (Å²) in [7, 11) is 0. The van der Waals surface area contributed by atoms with E-state index in [0.717, 1.165) is 32.1 Å². The van der Waals surface area contributed by atoms with E-state index in [0.29, 0.717) is 5.15 Å². The first kappa shape index (κ1) is 13.3. The molecule has 98 valence electrons. The van der Waals surface area contributed by atoms with Crippen molar-refractivity contribution in [3.63, 3.8) is 0 Å². The highest BCUT2D eigenvalue weighted by molar-refractivity contribution is 9.10. The first-order valence-corrected chi connectivity index (χ1v) is 7.34. The Balaban J connectivity index is 2.48. The van der Waals surface area contributed by atoms with Gasteiger partial charge in [-0.15, -0.1) is 0 Å². The molecule has 1 heterocycles. The zero-order valence-corrected chi connectivity index (χ0v) is 12.9. The van der Waals surface area contributed by atoms with Gasteiger partial charge in [0.15, 0.2) is 0 Å². The molecule has 0 radical (unpaired) electrons.